The summed E-state index contributed by atoms with van der Waals surface area (Å²) >= 11 is 0. The van der Waals surface area contributed by atoms with Crippen molar-refractivity contribution in [1.29, 1.82) is 0 Å². The minimum Gasteiger partial charge on any atom is -0.493 e. The van der Waals surface area contributed by atoms with Gasteiger partial charge in [0.05, 0.1) is 55.7 Å². The quantitative estimate of drug-likeness (QED) is 0.292. The van der Waals surface area contributed by atoms with Crippen molar-refractivity contribution in [3.63, 3.8) is 0 Å². The van der Waals surface area contributed by atoms with Crippen molar-refractivity contribution < 1.29 is 23.3 Å². The molecule has 1 saturated heterocycles. The van der Waals surface area contributed by atoms with Gasteiger partial charge in [-0.2, -0.15) is 0 Å². The highest BCUT2D eigenvalue weighted by Gasteiger charge is 2.39. The van der Waals surface area contributed by atoms with Gasteiger partial charge in [-0.05, 0) is 44.0 Å². The molecule has 2 N–H and O–H groups in total. The number of methoxy groups -OCH3 is 1. The molecule has 7 nitrogen and oxygen atoms in total. The molecular formula is C26H34FN3O4. The Morgan fingerprint density at radius 1 is 1.09 bits per heavy atom. The number of fused-ring (bicyclic) bond motifs is 1. The second-order valence-corrected chi connectivity index (χ2v) is 9.01. The molecule has 2 heterocycles. The van der Waals surface area contributed by atoms with E-state index >= 15 is 4.39 Å². The van der Waals surface area contributed by atoms with Gasteiger partial charge in [0.1, 0.15) is 5.82 Å². The van der Waals surface area contributed by atoms with Crippen molar-refractivity contribution >= 4 is 16.7 Å². The van der Waals surface area contributed by atoms with Crippen molar-refractivity contribution in [2.45, 2.75) is 52.0 Å². The fourth-order valence-electron chi connectivity index (χ4n) is 4.16. The lowest BCUT2D eigenvalue weighted by atomic mass is 9.98. The number of unbranched alkanes of at least 4 members (excludes halogenated alkanes) is 2. The van der Waals surface area contributed by atoms with E-state index < -0.39 is 5.82 Å². The minimum atomic E-state index is -0.517. The predicted octanol–water partition coefficient (Wildman–Crippen LogP) is 5.54. The van der Waals surface area contributed by atoms with Crippen LogP contribution in [0.15, 0.2) is 24.3 Å². The van der Waals surface area contributed by atoms with Crippen LogP contribution < -0.4 is 19.9 Å². The van der Waals surface area contributed by atoms with Crippen LogP contribution in [-0.4, -0.2) is 43.1 Å². The maximum absolute atomic E-state index is 16.2. The molecule has 184 valence electrons. The smallest absolute Gasteiger partial charge is 0.206 e. The molecule has 4 rings (SSSR count). The molecule has 1 fully saturated rings. The van der Waals surface area contributed by atoms with Gasteiger partial charge >= 0.3 is 0 Å². The van der Waals surface area contributed by atoms with E-state index in [0.29, 0.717) is 55.0 Å². The predicted molar refractivity (Wildman–Crippen MR) is 131 cm³/mol. The lowest BCUT2D eigenvalue weighted by molar-refractivity contribution is -0.0868. The standard InChI is InChI=1S/C26H34FN3O4/c1-5-7-11-33-23-21(31-4)14-18(22(27)24(23)34-12-8-6-2)25-29-19-13-17(28)9-10-20(19)30(25)26(3)15-32-16-26/h9-10,13-14H,5-8,11-12,15-16,28H2,1-4H3. The van der Waals surface area contributed by atoms with Gasteiger partial charge < -0.3 is 29.2 Å². The molecule has 0 saturated carbocycles. The van der Waals surface area contributed by atoms with E-state index in [4.69, 9.17) is 29.7 Å². The zero-order chi connectivity index (χ0) is 24.3. The highest BCUT2D eigenvalue weighted by atomic mass is 19.1. The average molecular weight is 472 g/mol. The van der Waals surface area contributed by atoms with Gasteiger partial charge in [-0.3, -0.25) is 0 Å². The van der Waals surface area contributed by atoms with E-state index in [1.54, 1.807) is 19.2 Å². The Labute approximate surface area is 200 Å². The number of hydrogen-bond acceptors (Lipinski definition) is 6. The van der Waals surface area contributed by atoms with Crippen LogP contribution in [0.5, 0.6) is 17.2 Å². The van der Waals surface area contributed by atoms with E-state index in [0.717, 1.165) is 31.2 Å². The van der Waals surface area contributed by atoms with Gasteiger partial charge in [0, 0.05) is 5.69 Å². The maximum atomic E-state index is 16.2. The number of nitrogens with zero attached hydrogens (tertiary/aromatic N) is 2. The van der Waals surface area contributed by atoms with E-state index in [1.807, 2.05) is 16.7 Å². The molecule has 34 heavy (non-hydrogen) atoms. The number of nitrogen functional groups attached to an aromatic ring is 1. The summed E-state index contributed by atoms with van der Waals surface area (Å²) < 4.78 is 41.3. The molecule has 1 aliphatic rings. The summed E-state index contributed by atoms with van der Waals surface area (Å²) in [7, 11) is 1.55. The molecule has 3 aromatic rings. The first-order valence-corrected chi connectivity index (χ1v) is 12.0. The van der Waals surface area contributed by atoms with Crippen molar-refractivity contribution in [3.8, 4) is 28.6 Å². The van der Waals surface area contributed by atoms with Gasteiger partial charge in [0.25, 0.3) is 0 Å². The van der Waals surface area contributed by atoms with E-state index in [2.05, 4.69) is 20.8 Å². The summed E-state index contributed by atoms with van der Waals surface area (Å²) in [5, 5.41) is 0. The highest BCUT2D eigenvalue weighted by molar-refractivity contribution is 5.85. The SMILES string of the molecule is CCCCOc1c(OC)cc(-c2nc3cc(N)ccc3n2C2(C)COC2)c(F)c1OCCCC. The molecule has 1 aromatic heterocycles. The monoisotopic (exact) mass is 471 g/mol. The van der Waals surface area contributed by atoms with E-state index in [9.17, 15) is 0 Å². The van der Waals surface area contributed by atoms with Crippen molar-refractivity contribution in [1.82, 2.24) is 9.55 Å². The molecule has 0 bridgehead atoms. The zero-order valence-electron chi connectivity index (χ0n) is 20.4. The second-order valence-electron chi connectivity index (χ2n) is 9.01. The normalized spacial score (nSPS) is 14.7. The Balaban J connectivity index is 1.92. The van der Waals surface area contributed by atoms with Gasteiger partial charge in [-0.1, -0.05) is 26.7 Å². The molecule has 0 atom stereocenters. The Kier molecular flexibility index (Phi) is 7.16. The third-order valence-electron chi connectivity index (χ3n) is 6.14. The third kappa shape index (κ3) is 4.39. The van der Waals surface area contributed by atoms with Crippen LogP contribution in [0, 0.1) is 5.82 Å². The van der Waals surface area contributed by atoms with Gasteiger partial charge in [-0.15, -0.1) is 0 Å². The Morgan fingerprint density at radius 3 is 2.35 bits per heavy atom. The fraction of sp³-hybridized carbons (Fsp3) is 0.500. The number of anilines is 1. The first-order chi connectivity index (χ1) is 16.4. The van der Waals surface area contributed by atoms with Gasteiger partial charge in [0.2, 0.25) is 11.5 Å². The largest absolute Gasteiger partial charge is 0.493 e. The van der Waals surface area contributed by atoms with Crippen LogP contribution >= 0.6 is 0 Å². The van der Waals surface area contributed by atoms with Crippen LogP contribution in [0.4, 0.5) is 10.1 Å². The molecule has 0 spiro atoms. The molecule has 0 aliphatic carbocycles. The molecule has 0 amide bonds. The Morgan fingerprint density at radius 2 is 1.76 bits per heavy atom. The Bertz CT molecular complexity index is 1160. The number of ether oxygens (including phenoxy) is 4. The van der Waals surface area contributed by atoms with E-state index in [-0.39, 0.29) is 16.9 Å². The zero-order valence-corrected chi connectivity index (χ0v) is 20.4. The fourth-order valence-corrected chi connectivity index (χ4v) is 4.16. The van der Waals surface area contributed by atoms with E-state index in [1.165, 1.54) is 0 Å². The van der Waals surface area contributed by atoms with Gasteiger partial charge in [-0.25, -0.2) is 9.37 Å². The second kappa shape index (κ2) is 10.1. The average Bonchev–Trinajstić information content (AvgIpc) is 3.18. The van der Waals surface area contributed by atoms with Crippen LogP contribution in [0.2, 0.25) is 0 Å². The number of aromatic nitrogens is 2. The lowest BCUT2D eigenvalue weighted by Gasteiger charge is -2.40. The molecule has 0 unspecified atom stereocenters. The molecule has 1 aliphatic heterocycles. The molecule has 2 aromatic carbocycles. The molecular weight excluding hydrogens is 437 g/mol. The van der Waals surface area contributed by atoms with Crippen LogP contribution in [-0.2, 0) is 10.3 Å². The third-order valence-corrected chi connectivity index (χ3v) is 6.14. The number of nitrogens with two attached hydrogens (primary N) is 1. The molecule has 8 heteroatoms. The highest BCUT2D eigenvalue weighted by Crippen LogP contribution is 2.46. The number of hydrogen-bond donors (Lipinski definition) is 1. The maximum Gasteiger partial charge on any atom is 0.206 e. The summed E-state index contributed by atoms with van der Waals surface area (Å²) in [5.41, 5.74) is 8.10. The van der Waals surface area contributed by atoms with Crippen molar-refractivity contribution in [2.24, 2.45) is 0 Å². The van der Waals surface area contributed by atoms with Crippen molar-refractivity contribution in [3.05, 3.63) is 30.1 Å². The number of benzene rings is 2. The van der Waals surface area contributed by atoms with Gasteiger partial charge in [0.15, 0.2) is 11.6 Å². The Hall–Kier alpha value is -3.00. The summed E-state index contributed by atoms with van der Waals surface area (Å²) in [6.45, 7) is 8.05. The number of imidazole rings is 1. The first-order valence-electron chi connectivity index (χ1n) is 12.0. The minimum absolute atomic E-state index is 0.0621. The summed E-state index contributed by atoms with van der Waals surface area (Å²) in [6.07, 6.45) is 3.53. The molecule has 0 radical (unpaired) electrons. The van der Waals surface area contributed by atoms with Crippen LogP contribution in [0.25, 0.3) is 22.4 Å². The number of rotatable bonds is 11. The summed E-state index contributed by atoms with van der Waals surface area (Å²) in [6, 6.07) is 7.19. The lowest BCUT2D eigenvalue weighted by Crippen LogP contribution is -2.49. The summed E-state index contributed by atoms with van der Waals surface area (Å²) in [4.78, 5) is 4.81. The van der Waals surface area contributed by atoms with Crippen LogP contribution in [0.3, 0.4) is 0 Å². The topological polar surface area (TPSA) is 80.8 Å². The van der Waals surface area contributed by atoms with Crippen molar-refractivity contribution in [2.75, 3.05) is 39.3 Å². The number of halogens is 1. The first kappa shape index (κ1) is 24.1. The van der Waals surface area contributed by atoms with Crippen LogP contribution in [0.1, 0.15) is 46.5 Å². The summed E-state index contributed by atoms with van der Waals surface area (Å²) in [5.74, 6) is 0.719.